The van der Waals surface area contributed by atoms with E-state index in [1.54, 1.807) is 19.1 Å². The lowest BCUT2D eigenvalue weighted by Gasteiger charge is -2.18. The van der Waals surface area contributed by atoms with E-state index in [-0.39, 0.29) is 5.91 Å². The molecule has 0 spiro atoms. The van der Waals surface area contributed by atoms with E-state index in [0.717, 1.165) is 11.3 Å². The number of amidine groups is 1. The van der Waals surface area contributed by atoms with E-state index in [9.17, 15) is 4.79 Å². The standard InChI is InChI=1S/C23H26N2O3S/c1-16(2)18-10-8-17(9-11-18)14-21-22(26)25(23(24-21)29-13-12-27-3)19-6-5-7-20(15-19)28-4/h5-11,14-16H,12-13H2,1-4H3/b21-14-. The first-order chi connectivity index (χ1) is 14.0. The molecule has 29 heavy (non-hydrogen) atoms. The number of carbonyl (C=O) groups is 1. The molecular weight excluding hydrogens is 384 g/mol. The largest absolute Gasteiger partial charge is 0.497 e. The van der Waals surface area contributed by atoms with Crippen molar-refractivity contribution in [1.29, 1.82) is 0 Å². The molecule has 1 heterocycles. The fraction of sp³-hybridized carbons (Fsp3) is 0.304. The third-order valence-electron chi connectivity index (χ3n) is 4.57. The van der Waals surface area contributed by atoms with Crippen molar-refractivity contribution in [2.45, 2.75) is 19.8 Å². The maximum Gasteiger partial charge on any atom is 0.283 e. The van der Waals surface area contributed by atoms with Crippen molar-refractivity contribution in [2.24, 2.45) is 4.99 Å². The Hall–Kier alpha value is -2.57. The Kier molecular flexibility index (Phi) is 7.12. The number of thioether (sulfide) groups is 1. The molecule has 1 aliphatic heterocycles. The number of rotatable bonds is 7. The lowest BCUT2D eigenvalue weighted by molar-refractivity contribution is -0.113. The van der Waals surface area contributed by atoms with Crippen LogP contribution in [0, 0.1) is 0 Å². The van der Waals surface area contributed by atoms with Crippen molar-refractivity contribution < 1.29 is 14.3 Å². The van der Waals surface area contributed by atoms with E-state index < -0.39 is 0 Å². The topological polar surface area (TPSA) is 51.1 Å². The lowest BCUT2D eigenvalue weighted by Crippen LogP contribution is -2.30. The van der Waals surface area contributed by atoms with Crippen LogP contribution in [0.25, 0.3) is 6.08 Å². The molecule has 0 unspecified atom stereocenters. The molecule has 0 radical (unpaired) electrons. The maximum absolute atomic E-state index is 13.2. The maximum atomic E-state index is 13.2. The molecule has 2 aromatic rings. The van der Waals surface area contributed by atoms with E-state index in [1.807, 2.05) is 42.5 Å². The van der Waals surface area contributed by atoms with E-state index in [0.29, 0.717) is 34.9 Å². The van der Waals surface area contributed by atoms with Crippen LogP contribution in [-0.4, -0.2) is 37.7 Å². The molecule has 0 saturated carbocycles. The van der Waals surface area contributed by atoms with E-state index >= 15 is 0 Å². The molecule has 5 nitrogen and oxygen atoms in total. The summed E-state index contributed by atoms with van der Waals surface area (Å²) in [6.45, 7) is 4.90. The van der Waals surface area contributed by atoms with Crippen LogP contribution in [-0.2, 0) is 9.53 Å². The zero-order valence-electron chi connectivity index (χ0n) is 17.2. The van der Waals surface area contributed by atoms with Crippen LogP contribution >= 0.6 is 11.8 Å². The lowest BCUT2D eigenvalue weighted by atomic mass is 10.0. The van der Waals surface area contributed by atoms with Gasteiger partial charge >= 0.3 is 0 Å². The minimum absolute atomic E-state index is 0.147. The van der Waals surface area contributed by atoms with Gasteiger partial charge in [-0.2, -0.15) is 0 Å². The summed E-state index contributed by atoms with van der Waals surface area (Å²) < 4.78 is 10.5. The summed E-state index contributed by atoms with van der Waals surface area (Å²) in [5.74, 6) is 1.72. The molecule has 6 heteroatoms. The van der Waals surface area contributed by atoms with Gasteiger partial charge in [0, 0.05) is 18.9 Å². The predicted molar refractivity (Wildman–Crippen MR) is 121 cm³/mol. The van der Waals surface area contributed by atoms with Crippen LogP contribution in [0.3, 0.4) is 0 Å². The molecule has 0 aliphatic carbocycles. The Bertz CT molecular complexity index is 920. The number of amides is 1. The number of benzene rings is 2. The Morgan fingerprint density at radius 3 is 2.55 bits per heavy atom. The van der Waals surface area contributed by atoms with Gasteiger partial charge in [-0.25, -0.2) is 4.99 Å². The van der Waals surface area contributed by atoms with Gasteiger partial charge in [0.2, 0.25) is 0 Å². The molecule has 2 aromatic carbocycles. The van der Waals surface area contributed by atoms with Gasteiger partial charge in [0.05, 0.1) is 19.4 Å². The summed E-state index contributed by atoms with van der Waals surface area (Å²) in [6, 6.07) is 15.7. The van der Waals surface area contributed by atoms with Crippen LogP contribution < -0.4 is 9.64 Å². The quantitative estimate of drug-likeness (QED) is 0.479. The molecule has 0 fully saturated rings. The fourth-order valence-electron chi connectivity index (χ4n) is 2.92. The van der Waals surface area contributed by atoms with Crippen molar-refractivity contribution in [3.8, 4) is 5.75 Å². The first kappa shape index (κ1) is 21.1. The average molecular weight is 411 g/mol. The highest BCUT2D eigenvalue weighted by Crippen LogP contribution is 2.31. The minimum Gasteiger partial charge on any atom is -0.497 e. The van der Waals surface area contributed by atoms with Crippen molar-refractivity contribution in [3.63, 3.8) is 0 Å². The van der Waals surface area contributed by atoms with E-state index in [4.69, 9.17) is 9.47 Å². The molecule has 0 N–H and O–H groups in total. The predicted octanol–water partition coefficient (Wildman–Crippen LogP) is 4.94. The summed E-state index contributed by atoms with van der Waals surface area (Å²) in [4.78, 5) is 19.4. The number of methoxy groups -OCH3 is 2. The normalized spacial score (nSPS) is 15.3. The fourth-order valence-corrected chi connectivity index (χ4v) is 3.83. The molecule has 3 rings (SSSR count). The number of carbonyl (C=O) groups excluding carboxylic acids is 1. The summed E-state index contributed by atoms with van der Waals surface area (Å²) in [5, 5.41) is 0.644. The van der Waals surface area contributed by atoms with E-state index in [1.165, 1.54) is 17.3 Å². The molecule has 1 amide bonds. The Balaban J connectivity index is 1.92. The molecule has 0 atom stereocenters. The van der Waals surface area contributed by atoms with Gasteiger partial charge in [0.15, 0.2) is 5.17 Å². The van der Waals surface area contributed by atoms with Crippen LogP contribution in [0.4, 0.5) is 5.69 Å². The third kappa shape index (κ3) is 5.08. The van der Waals surface area contributed by atoms with Crippen LogP contribution in [0.1, 0.15) is 30.9 Å². The number of hydrogen-bond acceptors (Lipinski definition) is 5. The van der Waals surface area contributed by atoms with Gasteiger partial charge in [-0.15, -0.1) is 0 Å². The van der Waals surface area contributed by atoms with Crippen LogP contribution in [0.2, 0.25) is 0 Å². The van der Waals surface area contributed by atoms with Crippen molar-refractivity contribution in [1.82, 2.24) is 0 Å². The first-order valence-corrected chi connectivity index (χ1v) is 10.5. The number of hydrogen-bond donors (Lipinski definition) is 0. The van der Waals surface area contributed by atoms with Gasteiger partial charge in [-0.1, -0.05) is 55.9 Å². The van der Waals surface area contributed by atoms with Gasteiger partial charge in [0.1, 0.15) is 11.4 Å². The zero-order chi connectivity index (χ0) is 20.8. The molecule has 0 saturated heterocycles. The molecular formula is C23H26N2O3S. The molecule has 0 aromatic heterocycles. The van der Waals surface area contributed by atoms with Gasteiger partial charge in [-0.05, 0) is 35.3 Å². The highest BCUT2D eigenvalue weighted by molar-refractivity contribution is 8.14. The smallest absolute Gasteiger partial charge is 0.283 e. The van der Waals surface area contributed by atoms with Crippen molar-refractivity contribution in [2.75, 3.05) is 31.5 Å². The Morgan fingerprint density at radius 2 is 1.90 bits per heavy atom. The number of ether oxygens (including phenoxy) is 2. The Labute approximate surface area is 176 Å². The summed E-state index contributed by atoms with van der Waals surface area (Å²) in [6.07, 6.45) is 1.84. The summed E-state index contributed by atoms with van der Waals surface area (Å²) >= 11 is 1.50. The van der Waals surface area contributed by atoms with Crippen LogP contribution in [0.15, 0.2) is 59.2 Å². The molecule has 1 aliphatic rings. The number of aliphatic imine (C=N–C) groups is 1. The molecule has 0 bridgehead atoms. The zero-order valence-corrected chi connectivity index (χ0v) is 18.0. The minimum atomic E-state index is -0.147. The second-order valence-electron chi connectivity index (χ2n) is 6.93. The van der Waals surface area contributed by atoms with Gasteiger partial charge in [0.25, 0.3) is 5.91 Å². The average Bonchev–Trinajstić information content (AvgIpc) is 3.03. The highest BCUT2D eigenvalue weighted by atomic mass is 32.2. The summed E-state index contributed by atoms with van der Waals surface area (Å²) in [5.41, 5.74) is 3.37. The second kappa shape index (κ2) is 9.76. The third-order valence-corrected chi connectivity index (χ3v) is 5.47. The van der Waals surface area contributed by atoms with Gasteiger partial charge < -0.3 is 9.47 Å². The molecule has 152 valence electrons. The second-order valence-corrected chi connectivity index (χ2v) is 7.99. The van der Waals surface area contributed by atoms with Gasteiger partial charge in [-0.3, -0.25) is 9.69 Å². The van der Waals surface area contributed by atoms with Crippen molar-refractivity contribution >= 4 is 34.6 Å². The van der Waals surface area contributed by atoms with E-state index in [2.05, 4.69) is 31.0 Å². The summed E-state index contributed by atoms with van der Waals surface area (Å²) in [7, 11) is 3.27. The van der Waals surface area contributed by atoms with Crippen LogP contribution in [0.5, 0.6) is 5.75 Å². The van der Waals surface area contributed by atoms with Crippen molar-refractivity contribution in [3.05, 3.63) is 65.4 Å². The monoisotopic (exact) mass is 410 g/mol. The Morgan fingerprint density at radius 1 is 1.14 bits per heavy atom. The SMILES string of the molecule is COCCSC1=N/C(=C\c2ccc(C(C)C)cc2)C(=O)N1c1cccc(OC)c1. The number of nitrogens with zero attached hydrogens (tertiary/aromatic N) is 2. The highest BCUT2D eigenvalue weighted by Gasteiger charge is 2.32. The number of anilines is 1. The first-order valence-electron chi connectivity index (χ1n) is 9.54.